The SMILES string of the molecule is CNC(=O)NC1CCN(c2cc3c(nn2)CCCC3)CC1. The number of anilines is 1. The maximum absolute atomic E-state index is 11.3. The Bertz CT molecular complexity index is 511. The van der Waals surface area contributed by atoms with Gasteiger partial charge in [-0.1, -0.05) is 0 Å². The quantitative estimate of drug-likeness (QED) is 0.860. The van der Waals surface area contributed by atoms with Crippen molar-refractivity contribution < 1.29 is 4.79 Å². The molecule has 0 bridgehead atoms. The molecule has 1 aromatic rings. The maximum Gasteiger partial charge on any atom is 0.314 e. The molecule has 0 saturated carbocycles. The van der Waals surface area contributed by atoms with E-state index in [4.69, 9.17) is 0 Å². The van der Waals surface area contributed by atoms with Gasteiger partial charge in [-0.2, -0.15) is 5.10 Å². The van der Waals surface area contributed by atoms with E-state index in [9.17, 15) is 4.79 Å². The number of hydrogen-bond donors (Lipinski definition) is 2. The number of nitrogens with one attached hydrogen (secondary N) is 2. The number of nitrogens with zero attached hydrogens (tertiary/aromatic N) is 3. The van der Waals surface area contributed by atoms with Gasteiger partial charge in [-0.3, -0.25) is 0 Å². The van der Waals surface area contributed by atoms with E-state index in [1.807, 2.05) is 0 Å². The van der Waals surface area contributed by atoms with Crippen molar-refractivity contribution in [1.29, 1.82) is 0 Å². The number of rotatable bonds is 2. The predicted molar refractivity (Wildman–Crippen MR) is 81.5 cm³/mol. The molecule has 2 aliphatic rings. The van der Waals surface area contributed by atoms with Gasteiger partial charge in [-0.15, -0.1) is 5.10 Å². The second-order valence-corrected chi connectivity index (χ2v) is 5.87. The van der Waals surface area contributed by atoms with Crippen LogP contribution in [0, 0.1) is 0 Å². The lowest BCUT2D eigenvalue weighted by Crippen LogP contribution is -2.47. The average molecular weight is 289 g/mol. The van der Waals surface area contributed by atoms with Crippen molar-refractivity contribution in [3.8, 4) is 0 Å². The summed E-state index contributed by atoms with van der Waals surface area (Å²) in [4.78, 5) is 13.6. The molecular formula is C15H23N5O. The van der Waals surface area contributed by atoms with Crippen LogP contribution >= 0.6 is 0 Å². The molecule has 3 rings (SSSR count). The third kappa shape index (κ3) is 3.25. The van der Waals surface area contributed by atoms with Gasteiger partial charge in [0.2, 0.25) is 0 Å². The molecule has 6 heteroatoms. The monoisotopic (exact) mass is 289 g/mol. The minimum atomic E-state index is -0.0953. The molecular weight excluding hydrogens is 266 g/mol. The minimum Gasteiger partial charge on any atom is -0.355 e. The molecule has 0 atom stereocenters. The standard InChI is InChI=1S/C15H23N5O/c1-16-15(21)17-12-6-8-20(9-7-12)14-10-11-4-2-3-5-13(11)18-19-14/h10,12H,2-9H2,1H3,(H2,16,17,21). The molecule has 6 nitrogen and oxygen atoms in total. The van der Waals surface area contributed by atoms with Crippen molar-refractivity contribution in [2.75, 3.05) is 25.0 Å². The zero-order valence-electron chi connectivity index (χ0n) is 12.6. The van der Waals surface area contributed by atoms with Gasteiger partial charge in [0, 0.05) is 26.2 Å². The first-order valence-electron chi connectivity index (χ1n) is 7.85. The van der Waals surface area contributed by atoms with Gasteiger partial charge in [-0.05, 0) is 50.2 Å². The van der Waals surface area contributed by atoms with Gasteiger partial charge in [0.1, 0.15) is 0 Å². The van der Waals surface area contributed by atoms with E-state index in [2.05, 4.69) is 31.8 Å². The minimum absolute atomic E-state index is 0.0953. The molecule has 2 amide bonds. The Morgan fingerprint density at radius 1 is 1.24 bits per heavy atom. The molecule has 1 saturated heterocycles. The summed E-state index contributed by atoms with van der Waals surface area (Å²) in [6.07, 6.45) is 6.60. The van der Waals surface area contributed by atoms with E-state index in [1.54, 1.807) is 7.05 Å². The fourth-order valence-electron chi connectivity index (χ4n) is 3.14. The van der Waals surface area contributed by atoms with E-state index >= 15 is 0 Å². The van der Waals surface area contributed by atoms with Gasteiger partial charge < -0.3 is 15.5 Å². The predicted octanol–water partition coefficient (Wildman–Crippen LogP) is 1.25. The summed E-state index contributed by atoms with van der Waals surface area (Å²) in [6.45, 7) is 1.84. The molecule has 2 heterocycles. The molecule has 2 N–H and O–H groups in total. The lowest BCUT2D eigenvalue weighted by molar-refractivity contribution is 0.236. The first kappa shape index (κ1) is 14.1. The smallest absolute Gasteiger partial charge is 0.314 e. The highest BCUT2D eigenvalue weighted by Gasteiger charge is 2.22. The second-order valence-electron chi connectivity index (χ2n) is 5.87. The van der Waals surface area contributed by atoms with Gasteiger partial charge in [0.15, 0.2) is 5.82 Å². The summed E-state index contributed by atoms with van der Waals surface area (Å²) in [5.74, 6) is 0.994. The van der Waals surface area contributed by atoms with E-state index in [0.717, 1.165) is 44.6 Å². The van der Waals surface area contributed by atoms with Crippen LogP contribution in [0.2, 0.25) is 0 Å². The molecule has 0 unspecified atom stereocenters. The molecule has 0 aromatic carbocycles. The van der Waals surface area contributed by atoms with E-state index in [0.29, 0.717) is 0 Å². The number of amides is 2. The van der Waals surface area contributed by atoms with E-state index in [-0.39, 0.29) is 12.1 Å². The summed E-state index contributed by atoms with van der Waals surface area (Å²) in [7, 11) is 1.65. The van der Waals surface area contributed by atoms with Crippen LogP contribution in [0.3, 0.4) is 0 Å². The van der Waals surface area contributed by atoms with Crippen LogP contribution in [0.4, 0.5) is 10.6 Å². The summed E-state index contributed by atoms with van der Waals surface area (Å²) < 4.78 is 0. The van der Waals surface area contributed by atoms with Crippen LogP contribution in [0.5, 0.6) is 0 Å². The number of hydrogen-bond acceptors (Lipinski definition) is 4. The largest absolute Gasteiger partial charge is 0.355 e. The number of carbonyl (C=O) groups is 1. The molecule has 1 aliphatic carbocycles. The van der Waals surface area contributed by atoms with Crippen molar-refractivity contribution >= 4 is 11.8 Å². The number of aromatic nitrogens is 2. The zero-order chi connectivity index (χ0) is 14.7. The average Bonchev–Trinajstić information content (AvgIpc) is 2.55. The van der Waals surface area contributed by atoms with Crippen molar-refractivity contribution in [3.05, 3.63) is 17.3 Å². The summed E-state index contributed by atoms with van der Waals surface area (Å²) >= 11 is 0. The Balaban J connectivity index is 1.60. The number of fused-ring (bicyclic) bond motifs is 1. The molecule has 0 spiro atoms. The third-order valence-electron chi connectivity index (χ3n) is 4.44. The van der Waals surface area contributed by atoms with Gasteiger partial charge in [0.05, 0.1) is 5.69 Å². The molecule has 0 radical (unpaired) electrons. The van der Waals surface area contributed by atoms with Crippen LogP contribution < -0.4 is 15.5 Å². The number of carbonyl (C=O) groups excluding carboxylic acids is 1. The van der Waals surface area contributed by atoms with Crippen LogP contribution in [-0.4, -0.2) is 42.4 Å². The van der Waals surface area contributed by atoms with Gasteiger partial charge >= 0.3 is 6.03 Å². The van der Waals surface area contributed by atoms with Crippen LogP contribution in [0.1, 0.15) is 36.9 Å². The summed E-state index contributed by atoms with van der Waals surface area (Å²) in [5, 5.41) is 14.4. The molecule has 1 fully saturated rings. The molecule has 21 heavy (non-hydrogen) atoms. The highest BCUT2D eigenvalue weighted by Crippen LogP contribution is 2.24. The first-order valence-corrected chi connectivity index (χ1v) is 7.85. The Morgan fingerprint density at radius 2 is 2.00 bits per heavy atom. The molecule has 114 valence electrons. The van der Waals surface area contributed by atoms with Crippen molar-refractivity contribution in [1.82, 2.24) is 20.8 Å². The zero-order valence-corrected chi connectivity index (χ0v) is 12.6. The van der Waals surface area contributed by atoms with Crippen molar-refractivity contribution in [3.63, 3.8) is 0 Å². The van der Waals surface area contributed by atoms with Crippen LogP contribution in [-0.2, 0) is 12.8 Å². The Hall–Kier alpha value is -1.85. The second kappa shape index (κ2) is 6.28. The Labute approximate surface area is 125 Å². The maximum atomic E-state index is 11.3. The van der Waals surface area contributed by atoms with Crippen LogP contribution in [0.15, 0.2) is 6.07 Å². The van der Waals surface area contributed by atoms with Gasteiger partial charge in [0.25, 0.3) is 0 Å². The van der Waals surface area contributed by atoms with E-state index < -0.39 is 0 Å². The number of urea groups is 1. The lowest BCUT2D eigenvalue weighted by Gasteiger charge is -2.33. The third-order valence-corrected chi connectivity index (χ3v) is 4.44. The summed E-state index contributed by atoms with van der Waals surface area (Å²) in [6, 6.07) is 2.38. The Kier molecular flexibility index (Phi) is 4.22. The van der Waals surface area contributed by atoms with Gasteiger partial charge in [-0.25, -0.2) is 4.79 Å². The Morgan fingerprint density at radius 3 is 2.76 bits per heavy atom. The van der Waals surface area contributed by atoms with E-state index in [1.165, 1.54) is 24.1 Å². The van der Waals surface area contributed by atoms with Crippen LogP contribution in [0.25, 0.3) is 0 Å². The van der Waals surface area contributed by atoms with Crippen molar-refractivity contribution in [2.45, 2.75) is 44.6 Å². The highest BCUT2D eigenvalue weighted by molar-refractivity contribution is 5.73. The van der Waals surface area contributed by atoms with Crippen molar-refractivity contribution in [2.24, 2.45) is 0 Å². The molecule has 1 aliphatic heterocycles. The number of piperidine rings is 1. The molecule has 1 aromatic heterocycles. The fraction of sp³-hybridized carbons (Fsp3) is 0.667. The highest BCUT2D eigenvalue weighted by atomic mass is 16.2. The summed E-state index contributed by atoms with van der Waals surface area (Å²) in [5.41, 5.74) is 2.55. The first-order chi connectivity index (χ1) is 10.3. The fourth-order valence-corrected chi connectivity index (χ4v) is 3.14. The normalized spacial score (nSPS) is 19.0. The lowest BCUT2D eigenvalue weighted by atomic mass is 9.96. The number of aryl methyl sites for hydroxylation is 2. The topological polar surface area (TPSA) is 70.2 Å².